The van der Waals surface area contributed by atoms with Crippen LogP contribution in [-0.4, -0.2) is 19.1 Å². The van der Waals surface area contributed by atoms with Gasteiger partial charge in [-0.25, -0.2) is 4.39 Å². The van der Waals surface area contributed by atoms with Crippen molar-refractivity contribution in [3.05, 3.63) is 30.1 Å². The van der Waals surface area contributed by atoms with Crippen LogP contribution in [0.15, 0.2) is 24.3 Å². The highest BCUT2D eigenvalue weighted by Gasteiger charge is 2.31. The predicted octanol–water partition coefficient (Wildman–Crippen LogP) is 3.56. The Morgan fingerprint density at radius 2 is 2.06 bits per heavy atom. The highest BCUT2D eigenvalue weighted by atomic mass is 19.1. The van der Waals surface area contributed by atoms with Gasteiger partial charge in [0.15, 0.2) is 0 Å². The number of hydrogen-bond donors (Lipinski definition) is 1. The van der Waals surface area contributed by atoms with Crippen molar-refractivity contribution in [3.63, 3.8) is 0 Å². The molecule has 102 valence electrons. The summed E-state index contributed by atoms with van der Waals surface area (Å²) in [7, 11) is 2.01. The number of hydrogen-bond acceptors (Lipinski definition) is 2. The summed E-state index contributed by atoms with van der Waals surface area (Å²) in [6.45, 7) is 4.92. The van der Waals surface area contributed by atoms with Crippen LogP contribution in [0.4, 0.5) is 10.1 Å². The second-order valence-corrected chi connectivity index (χ2v) is 4.92. The Bertz CT molecular complexity index is 361. The normalized spacial score (nSPS) is 14.3. The quantitative estimate of drug-likeness (QED) is 0.804. The molecule has 18 heavy (non-hydrogen) atoms. The predicted molar refractivity (Wildman–Crippen MR) is 76.4 cm³/mol. The maximum absolute atomic E-state index is 13.3. The molecule has 0 spiro atoms. The van der Waals surface area contributed by atoms with Crippen LogP contribution in [0.1, 0.15) is 39.5 Å². The first kappa shape index (κ1) is 15.0. The van der Waals surface area contributed by atoms with Gasteiger partial charge in [-0.2, -0.15) is 0 Å². The third kappa shape index (κ3) is 3.22. The average Bonchev–Trinajstić information content (AvgIpc) is 2.40. The lowest BCUT2D eigenvalue weighted by molar-refractivity contribution is 0.359. The van der Waals surface area contributed by atoms with Gasteiger partial charge in [-0.1, -0.05) is 32.8 Å². The van der Waals surface area contributed by atoms with Crippen LogP contribution in [0.5, 0.6) is 0 Å². The van der Waals surface area contributed by atoms with E-state index in [1.807, 2.05) is 13.1 Å². The van der Waals surface area contributed by atoms with E-state index in [0.29, 0.717) is 6.54 Å². The molecule has 3 heteroatoms. The Hall–Kier alpha value is -1.09. The van der Waals surface area contributed by atoms with Crippen molar-refractivity contribution in [1.82, 2.24) is 0 Å². The van der Waals surface area contributed by atoms with Crippen LogP contribution in [-0.2, 0) is 0 Å². The van der Waals surface area contributed by atoms with Gasteiger partial charge in [0.05, 0.1) is 5.54 Å². The second-order valence-electron chi connectivity index (χ2n) is 4.92. The summed E-state index contributed by atoms with van der Waals surface area (Å²) in [6, 6.07) is 6.73. The fraction of sp³-hybridized carbons (Fsp3) is 0.600. The van der Waals surface area contributed by atoms with E-state index in [-0.39, 0.29) is 11.4 Å². The Morgan fingerprint density at radius 1 is 1.33 bits per heavy atom. The highest BCUT2D eigenvalue weighted by molar-refractivity contribution is 5.48. The van der Waals surface area contributed by atoms with Crippen molar-refractivity contribution >= 4 is 5.69 Å². The number of likely N-dealkylation sites (N-methyl/N-ethyl adjacent to an activating group) is 1. The van der Waals surface area contributed by atoms with E-state index in [9.17, 15) is 4.39 Å². The Labute approximate surface area is 110 Å². The minimum absolute atomic E-state index is 0.0657. The Balaban J connectivity index is 2.97. The molecule has 0 aliphatic carbocycles. The van der Waals surface area contributed by atoms with Gasteiger partial charge in [0, 0.05) is 19.3 Å². The van der Waals surface area contributed by atoms with Gasteiger partial charge in [-0.05, 0) is 31.0 Å². The lowest BCUT2D eigenvalue weighted by Crippen LogP contribution is -2.52. The van der Waals surface area contributed by atoms with Gasteiger partial charge >= 0.3 is 0 Å². The second kappa shape index (κ2) is 6.74. The van der Waals surface area contributed by atoms with Crippen LogP contribution >= 0.6 is 0 Å². The molecule has 0 radical (unpaired) electrons. The first-order chi connectivity index (χ1) is 8.59. The summed E-state index contributed by atoms with van der Waals surface area (Å²) in [4.78, 5) is 2.14. The Kier molecular flexibility index (Phi) is 5.60. The van der Waals surface area contributed by atoms with E-state index < -0.39 is 0 Å². The fourth-order valence-corrected chi connectivity index (χ4v) is 2.43. The SMILES string of the molecule is CCCCC(CC)(CN)N(C)c1cccc(F)c1. The van der Waals surface area contributed by atoms with E-state index >= 15 is 0 Å². The molecule has 1 atom stereocenters. The van der Waals surface area contributed by atoms with E-state index in [4.69, 9.17) is 5.73 Å². The summed E-state index contributed by atoms with van der Waals surface area (Å²) in [5, 5.41) is 0. The van der Waals surface area contributed by atoms with Gasteiger partial charge < -0.3 is 10.6 Å². The topological polar surface area (TPSA) is 29.3 Å². The zero-order valence-corrected chi connectivity index (χ0v) is 11.7. The van der Waals surface area contributed by atoms with Crippen molar-refractivity contribution < 1.29 is 4.39 Å². The van der Waals surface area contributed by atoms with Crippen molar-refractivity contribution in [1.29, 1.82) is 0 Å². The Morgan fingerprint density at radius 3 is 2.56 bits per heavy atom. The summed E-state index contributed by atoms with van der Waals surface area (Å²) in [5.41, 5.74) is 6.84. The van der Waals surface area contributed by atoms with Gasteiger partial charge in [0.2, 0.25) is 0 Å². The van der Waals surface area contributed by atoms with Crippen LogP contribution in [0.3, 0.4) is 0 Å². The van der Waals surface area contributed by atoms with E-state index in [1.165, 1.54) is 6.07 Å². The van der Waals surface area contributed by atoms with E-state index in [2.05, 4.69) is 18.7 Å². The summed E-state index contributed by atoms with van der Waals surface area (Å²) in [6.07, 6.45) is 4.31. The van der Waals surface area contributed by atoms with Crippen LogP contribution in [0.2, 0.25) is 0 Å². The fourth-order valence-electron chi connectivity index (χ4n) is 2.43. The van der Waals surface area contributed by atoms with Crippen molar-refractivity contribution in [2.24, 2.45) is 5.73 Å². The maximum Gasteiger partial charge on any atom is 0.125 e. The zero-order chi connectivity index (χ0) is 13.6. The monoisotopic (exact) mass is 252 g/mol. The third-order valence-electron chi connectivity index (χ3n) is 3.94. The van der Waals surface area contributed by atoms with Crippen molar-refractivity contribution in [2.75, 3.05) is 18.5 Å². The summed E-state index contributed by atoms with van der Waals surface area (Å²) in [5.74, 6) is -0.197. The van der Waals surface area contributed by atoms with Crippen LogP contribution < -0.4 is 10.6 Å². The third-order valence-corrected chi connectivity index (χ3v) is 3.94. The van der Waals surface area contributed by atoms with Crippen molar-refractivity contribution in [3.8, 4) is 0 Å². The molecule has 0 aliphatic heterocycles. The molecule has 0 saturated carbocycles. The molecule has 0 aromatic heterocycles. The smallest absolute Gasteiger partial charge is 0.125 e. The lowest BCUT2D eigenvalue weighted by Gasteiger charge is -2.42. The molecular formula is C15H25FN2. The number of anilines is 1. The largest absolute Gasteiger partial charge is 0.368 e. The number of halogens is 1. The minimum atomic E-state index is -0.197. The first-order valence-corrected chi connectivity index (χ1v) is 6.79. The zero-order valence-electron chi connectivity index (χ0n) is 11.7. The highest BCUT2D eigenvalue weighted by Crippen LogP contribution is 2.29. The molecule has 1 aromatic carbocycles. The number of benzene rings is 1. The molecule has 1 aromatic rings. The van der Waals surface area contributed by atoms with E-state index in [1.54, 1.807) is 12.1 Å². The number of nitrogens with zero attached hydrogens (tertiary/aromatic N) is 1. The van der Waals surface area contributed by atoms with Gasteiger partial charge in [-0.15, -0.1) is 0 Å². The van der Waals surface area contributed by atoms with Gasteiger partial charge in [0.25, 0.3) is 0 Å². The summed E-state index contributed by atoms with van der Waals surface area (Å²) < 4.78 is 13.3. The minimum Gasteiger partial charge on any atom is -0.368 e. The van der Waals surface area contributed by atoms with Gasteiger partial charge in [0.1, 0.15) is 5.82 Å². The number of rotatable bonds is 7. The van der Waals surface area contributed by atoms with Crippen LogP contribution in [0, 0.1) is 5.82 Å². The molecule has 2 N–H and O–H groups in total. The molecule has 1 rings (SSSR count). The van der Waals surface area contributed by atoms with Gasteiger partial charge in [-0.3, -0.25) is 0 Å². The summed E-state index contributed by atoms with van der Waals surface area (Å²) >= 11 is 0. The molecule has 0 aliphatic rings. The molecule has 0 fully saturated rings. The van der Waals surface area contributed by atoms with Crippen molar-refractivity contribution in [2.45, 2.75) is 45.1 Å². The molecule has 0 bridgehead atoms. The van der Waals surface area contributed by atoms with Crippen LogP contribution in [0.25, 0.3) is 0 Å². The van der Waals surface area contributed by atoms with E-state index in [0.717, 1.165) is 31.4 Å². The molecule has 1 unspecified atom stereocenters. The lowest BCUT2D eigenvalue weighted by atomic mass is 9.87. The molecule has 0 heterocycles. The molecule has 0 amide bonds. The average molecular weight is 252 g/mol. The molecule has 2 nitrogen and oxygen atoms in total. The first-order valence-electron chi connectivity index (χ1n) is 6.79. The standard InChI is InChI=1S/C15H25FN2/c1-4-6-10-15(5-2,12-17)18(3)14-9-7-8-13(16)11-14/h7-9,11H,4-6,10,12,17H2,1-3H3. The number of nitrogens with two attached hydrogens (primary N) is 1. The molecule has 0 saturated heterocycles. The molecular weight excluding hydrogens is 227 g/mol. The number of unbranched alkanes of at least 4 members (excludes halogenated alkanes) is 1. The maximum atomic E-state index is 13.3.